The van der Waals surface area contributed by atoms with E-state index in [2.05, 4.69) is 10.0 Å². The molecule has 0 aliphatic heterocycles. The van der Waals surface area contributed by atoms with Crippen LogP contribution in [0.1, 0.15) is 10.4 Å². The number of amides is 1. The van der Waals surface area contributed by atoms with Crippen LogP contribution in [0.2, 0.25) is 0 Å². The van der Waals surface area contributed by atoms with E-state index >= 15 is 0 Å². The average molecular weight is 336 g/mol. The van der Waals surface area contributed by atoms with Crippen molar-refractivity contribution >= 4 is 38.4 Å². The number of carbonyl (C=O) groups excluding carboxylic acids is 2. The minimum Gasteiger partial charge on any atom is -0.465 e. The number of carbonyl (C=O) groups is 2. The molecule has 1 amide bonds. The lowest BCUT2D eigenvalue weighted by molar-refractivity contribution is -0.113. The van der Waals surface area contributed by atoms with Crippen LogP contribution in [0.4, 0.5) is 5.69 Å². The highest BCUT2D eigenvalue weighted by molar-refractivity contribution is 7.90. The van der Waals surface area contributed by atoms with Gasteiger partial charge in [0.25, 0.3) is 0 Å². The number of anilines is 1. The fourth-order valence-electron chi connectivity index (χ4n) is 2.05. The van der Waals surface area contributed by atoms with Crippen molar-refractivity contribution in [3.05, 3.63) is 42.0 Å². The van der Waals surface area contributed by atoms with Crippen molar-refractivity contribution in [2.24, 2.45) is 0 Å². The van der Waals surface area contributed by atoms with Gasteiger partial charge in [0, 0.05) is 0 Å². The Morgan fingerprint density at radius 2 is 1.74 bits per heavy atom. The largest absolute Gasteiger partial charge is 0.465 e. The molecule has 0 bridgehead atoms. The summed E-state index contributed by atoms with van der Waals surface area (Å²) in [6, 6.07) is 10.5. The number of hydrogen-bond donors (Lipinski definition) is 2. The number of benzene rings is 2. The first-order valence-corrected chi connectivity index (χ1v) is 8.33. The average Bonchev–Trinajstić information content (AvgIpc) is 2.52. The van der Waals surface area contributed by atoms with Gasteiger partial charge < -0.3 is 10.1 Å². The lowest BCUT2D eigenvalue weighted by Gasteiger charge is -2.11. The zero-order valence-corrected chi connectivity index (χ0v) is 13.4. The zero-order valence-electron chi connectivity index (χ0n) is 12.6. The van der Waals surface area contributed by atoms with Crippen molar-refractivity contribution in [1.29, 1.82) is 0 Å². The Balaban J connectivity index is 2.41. The summed E-state index contributed by atoms with van der Waals surface area (Å²) in [5.41, 5.74) is 0.355. The highest BCUT2D eigenvalue weighted by Gasteiger charge is 2.18. The summed E-state index contributed by atoms with van der Waals surface area (Å²) >= 11 is 0. The third-order valence-electron chi connectivity index (χ3n) is 3.20. The minimum atomic E-state index is -3.70. The van der Waals surface area contributed by atoms with Gasteiger partial charge in [-0.2, -0.15) is 0 Å². The summed E-state index contributed by atoms with van der Waals surface area (Å²) in [4.78, 5) is 23.8. The number of fused-ring (bicyclic) bond motifs is 1. The number of nitrogens with one attached hydrogen (secondary N) is 2. The Kier molecular flexibility index (Phi) is 4.97. The van der Waals surface area contributed by atoms with Gasteiger partial charge in [0.2, 0.25) is 15.9 Å². The topological polar surface area (TPSA) is 102 Å². The van der Waals surface area contributed by atoms with E-state index in [4.69, 9.17) is 4.74 Å². The molecule has 2 aromatic rings. The summed E-state index contributed by atoms with van der Waals surface area (Å²) in [5.74, 6) is -2.11. The fraction of sp³-hybridized carbons (Fsp3) is 0.200. The molecule has 0 spiro atoms. The predicted molar refractivity (Wildman–Crippen MR) is 86.8 cm³/mol. The SMILES string of the molecule is CNS(=O)(=O)CC(=O)Nc1cc2ccccc2cc1C(=O)OC. The third kappa shape index (κ3) is 4.05. The van der Waals surface area contributed by atoms with Crippen LogP contribution >= 0.6 is 0 Å². The molecule has 2 N–H and O–H groups in total. The second-order valence-corrected chi connectivity index (χ2v) is 6.67. The number of esters is 1. The molecule has 7 nitrogen and oxygen atoms in total. The smallest absolute Gasteiger partial charge is 0.339 e. The second-order valence-electron chi connectivity index (χ2n) is 4.75. The van der Waals surface area contributed by atoms with E-state index in [1.807, 2.05) is 24.3 Å². The molecule has 0 heterocycles. The highest BCUT2D eigenvalue weighted by Crippen LogP contribution is 2.25. The number of sulfonamides is 1. The van der Waals surface area contributed by atoms with Crippen LogP contribution in [0.5, 0.6) is 0 Å². The maximum Gasteiger partial charge on any atom is 0.339 e. The summed E-state index contributed by atoms with van der Waals surface area (Å²) < 4.78 is 29.6. The Morgan fingerprint density at radius 3 is 2.30 bits per heavy atom. The van der Waals surface area contributed by atoms with Crippen LogP contribution in [0.25, 0.3) is 10.8 Å². The van der Waals surface area contributed by atoms with Gasteiger partial charge in [0.05, 0.1) is 18.4 Å². The monoisotopic (exact) mass is 336 g/mol. The molecule has 0 aliphatic carbocycles. The number of ether oxygens (including phenoxy) is 1. The maximum absolute atomic E-state index is 11.9. The number of methoxy groups -OCH3 is 1. The van der Waals surface area contributed by atoms with E-state index in [9.17, 15) is 18.0 Å². The van der Waals surface area contributed by atoms with Crippen molar-refractivity contribution in [2.75, 3.05) is 25.2 Å². The molecule has 0 atom stereocenters. The Hall–Kier alpha value is -2.45. The first kappa shape index (κ1) is 16.9. The van der Waals surface area contributed by atoms with Crippen molar-refractivity contribution < 1.29 is 22.7 Å². The van der Waals surface area contributed by atoms with E-state index in [0.717, 1.165) is 10.8 Å². The van der Waals surface area contributed by atoms with E-state index in [0.29, 0.717) is 0 Å². The highest BCUT2D eigenvalue weighted by atomic mass is 32.2. The molecule has 8 heteroatoms. The van der Waals surface area contributed by atoms with Crippen LogP contribution < -0.4 is 10.0 Å². The van der Waals surface area contributed by atoms with Gasteiger partial charge in [-0.05, 0) is 30.0 Å². The van der Waals surface area contributed by atoms with Crippen LogP contribution in [0.3, 0.4) is 0 Å². The molecule has 122 valence electrons. The van der Waals surface area contributed by atoms with Crippen molar-refractivity contribution in [1.82, 2.24) is 4.72 Å². The van der Waals surface area contributed by atoms with E-state index in [-0.39, 0.29) is 11.3 Å². The van der Waals surface area contributed by atoms with E-state index in [1.54, 1.807) is 12.1 Å². The predicted octanol–water partition coefficient (Wildman–Crippen LogP) is 1.11. The summed E-state index contributed by atoms with van der Waals surface area (Å²) in [7, 11) is -1.25. The van der Waals surface area contributed by atoms with Gasteiger partial charge in [-0.25, -0.2) is 17.9 Å². The van der Waals surface area contributed by atoms with Crippen LogP contribution in [-0.2, 0) is 19.6 Å². The normalized spacial score (nSPS) is 11.2. The first-order valence-electron chi connectivity index (χ1n) is 6.68. The fourth-order valence-corrected chi connectivity index (χ4v) is 2.62. The number of rotatable bonds is 5. The molecule has 2 rings (SSSR count). The molecule has 0 aromatic heterocycles. The Labute approximate surface area is 133 Å². The zero-order chi connectivity index (χ0) is 17.0. The van der Waals surface area contributed by atoms with Crippen LogP contribution in [0, 0.1) is 0 Å². The molecule has 23 heavy (non-hydrogen) atoms. The van der Waals surface area contributed by atoms with E-state index < -0.39 is 27.7 Å². The van der Waals surface area contributed by atoms with Gasteiger partial charge in [0.15, 0.2) is 0 Å². The number of hydrogen-bond acceptors (Lipinski definition) is 5. The molecule has 0 radical (unpaired) electrons. The van der Waals surface area contributed by atoms with E-state index in [1.165, 1.54) is 14.2 Å². The Bertz CT molecular complexity index is 861. The lowest BCUT2D eigenvalue weighted by atomic mass is 10.0. The second kappa shape index (κ2) is 6.76. The van der Waals surface area contributed by atoms with Crippen LogP contribution in [0.15, 0.2) is 36.4 Å². The van der Waals surface area contributed by atoms with Gasteiger partial charge in [-0.1, -0.05) is 24.3 Å². The Morgan fingerprint density at radius 1 is 1.13 bits per heavy atom. The van der Waals surface area contributed by atoms with Gasteiger partial charge >= 0.3 is 5.97 Å². The van der Waals surface area contributed by atoms with Gasteiger partial charge in [0.1, 0.15) is 5.75 Å². The molecule has 0 saturated heterocycles. The molecular weight excluding hydrogens is 320 g/mol. The van der Waals surface area contributed by atoms with Crippen molar-refractivity contribution in [3.63, 3.8) is 0 Å². The van der Waals surface area contributed by atoms with Crippen molar-refractivity contribution in [2.45, 2.75) is 0 Å². The molecular formula is C15H16N2O5S. The summed E-state index contributed by atoms with van der Waals surface area (Å²) in [6.07, 6.45) is 0. The molecule has 0 aliphatic rings. The first-order chi connectivity index (χ1) is 10.9. The standard InChI is InChI=1S/C15H16N2O5S/c1-16-23(20,21)9-14(18)17-13-8-11-6-4-3-5-10(11)7-12(13)15(19)22-2/h3-8,16H,9H2,1-2H3,(H,17,18). The van der Waals surface area contributed by atoms with Crippen LogP contribution in [-0.4, -0.2) is 40.2 Å². The summed E-state index contributed by atoms with van der Waals surface area (Å²) in [5, 5.41) is 4.05. The van der Waals surface area contributed by atoms with Gasteiger partial charge in [-0.15, -0.1) is 0 Å². The molecule has 0 saturated carbocycles. The quantitative estimate of drug-likeness (QED) is 0.797. The molecule has 0 unspecified atom stereocenters. The minimum absolute atomic E-state index is 0.154. The third-order valence-corrected chi connectivity index (χ3v) is 4.46. The summed E-state index contributed by atoms with van der Waals surface area (Å²) in [6.45, 7) is 0. The van der Waals surface area contributed by atoms with Gasteiger partial charge in [-0.3, -0.25) is 4.79 Å². The van der Waals surface area contributed by atoms with Crippen molar-refractivity contribution in [3.8, 4) is 0 Å². The molecule has 2 aromatic carbocycles. The maximum atomic E-state index is 11.9. The lowest BCUT2D eigenvalue weighted by Crippen LogP contribution is -2.30. The molecule has 0 fully saturated rings.